The molecule has 0 amide bonds. The Bertz CT molecular complexity index is 2520. The van der Waals surface area contributed by atoms with E-state index in [2.05, 4.69) is 82.5 Å². The van der Waals surface area contributed by atoms with E-state index in [1.165, 1.54) is 23.3 Å². The normalized spacial score (nSPS) is 12.2. The van der Waals surface area contributed by atoms with Gasteiger partial charge in [-0.15, -0.1) is 0 Å². The Hall–Kier alpha value is -6.01. The number of halogens is 2. The summed E-state index contributed by atoms with van der Waals surface area (Å²) in [5.74, 6) is 0.311. The zero-order valence-electron chi connectivity index (χ0n) is 30.7. The second-order valence-electron chi connectivity index (χ2n) is 15.7. The molecule has 8 aromatic rings. The van der Waals surface area contributed by atoms with Gasteiger partial charge in [-0.25, -0.2) is 23.7 Å². The average Bonchev–Trinajstić information content (AvgIpc) is 3.47. The molecule has 0 aliphatic heterocycles. The van der Waals surface area contributed by atoms with Gasteiger partial charge in [0.15, 0.2) is 17.5 Å². The first-order valence-corrected chi connectivity index (χ1v) is 17.9. The number of aromatic nitrogens is 4. The van der Waals surface area contributed by atoms with Crippen molar-refractivity contribution in [2.75, 3.05) is 0 Å². The SMILES string of the molecule is CC(C)(C)c1ccc2c3ccc(C(C)(C)C)cc3n(-c3cc(-c4ccc(F)cc4F)ccc3-c3nc(-c4ccccc4)nc(-c4ccccc4)n3)c2c1. The summed E-state index contributed by atoms with van der Waals surface area (Å²) in [6, 6.07) is 42.6. The summed E-state index contributed by atoms with van der Waals surface area (Å²) in [6.07, 6.45) is 0. The van der Waals surface area contributed by atoms with Gasteiger partial charge in [0.1, 0.15) is 11.6 Å². The van der Waals surface area contributed by atoms with E-state index < -0.39 is 11.6 Å². The zero-order chi connectivity index (χ0) is 37.1. The molecule has 4 nitrogen and oxygen atoms in total. The number of fused-ring (bicyclic) bond motifs is 3. The summed E-state index contributed by atoms with van der Waals surface area (Å²) in [7, 11) is 0. The van der Waals surface area contributed by atoms with E-state index in [9.17, 15) is 4.39 Å². The van der Waals surface area contributed by atoms with Crippen molar-refractivity contribution < 1.29 is 8.78 Å². The Labute approximate surface area is 308 Å². The summed E-state index contributed by atoms with van der Waals surface area (Å²) < 4.78 is 31.9. The van der Waals surface area contributed by atoms with Crippen LogP contribution in [0.1, 0.15) is 52.7 Å². The minimum Gasteiger partial charge on any atom is -0.308 e. The largest absolute Gasteiger partial charge is 0.308 e. The van der Waals surface area contributed by atoms with Crippen LogP contribution in [0.2, 0.25) is 0 Å². The van der Waals surface area contributed by atoms with Crippen LogP contribution in [0, 0.1) is 11.6 Å². The molecule has 0 saturated carbocycles. The van der Waals surface area contributed by atoms with E-state index in [1.54, 1.807) is 0 Å². The maximum absolute atomic E-state index is 15.5. The van der Waals surface area contributed by atoms with Crippen LogP contribution in [0.4, 0.5) is 8.78 Å². The molecule has 0 saturated heterocycles. The Morgan fingerprint density at radius 2 is 0.943 bits per heavy atom. The van der Waals surface area contributed by atoms with E-state index in [1.807, 2.05) is 78.9 Å². The van der Waals surface area contributed by atoms with Gasteiger partial charge in [0.25, 0.3) is 0 Å². The van der Waals surface area contributed by atoms with E-state index in [4.69, 9.17) is 15.0 Å². The second kappa shape index (κ2) is 12.9. The van der Waals surface area contributed by atoms with Crippen LogP contribution in [0.5, 0.6) is 0 Å². The quantitative estimate of drug-likeness (QED) is 0.180. The second-order valence-corrected chi connectivity index (χ2v) is 15.7. The van der Waals surface area contributed by atoms with Crippen molar-refractivity contribution in [3.8, 4) is 51.0 Å². The van der Waals surface area contributed by atoms with E-state index in [-0.39, 0.29) is 10.8 Å². The van der Waals surface area contributed by atoms with Gasteiger partial charge in [-0.3, -0.25) is 0 Å². The van der Waals surface area contributed by atoms with Crippen LogP contribution in [0.25, 0.3) is 72.8 Å². The first-order chi connectivity index (χ1) is 25.3. The smallest absolute Gasteiger partial charge is 0.166 e. The Morgan fingerprint density at radius 3 is 1.43 bits per heavy atom. The number of hydrogen-bond acceptors (Lipinski definition) is 3. The average molecular weight is 699 g/mol. The molecule has 6 aromatic carbocycles. The summed E-state index contributed by atoms with van der Waals surface area (Å²) in [5, 5.41) is 2.20. The van der Waals surface area contributed by atoms with Crippen LogP contribution < -0.4 is 0 Å². The van der Waals surface area contributed by atoms with Gasteiger partial charge in [0, 0.05) is 39.1 Å². The molecule has 53 heavy (non-hydrogen) atoms. The van der Waals surface area contributed by atoms with Gasteiger partial charge >= 0.3 is 0 Å². The number of hydrogen-bond donors (Lipinski definition) is 0. The van der Waals surface area contributed by atoms with Gasteiger partial charge in [0.2, 0.25) is 0 Å². The van der Waals surface area contributed by atoms with E-state index >= 15 is 4.39 Å². The van der Waals surface area contributed by atoms with Crippen molar-refractivity contribution in [3.05, 3.63) is 156 Å². The third-order valence-electron chi connectivity index (χ3n) is 9.92. The molecule has 0 bridgehead atoms. The molecule has 0 fully saturated rings. The lowest BCUT2D eigenvalue weighted by Crippen LogP contribution is -2.11. The van der Waals surface area contributed by atoms with Gasteiger partial charge in [0.05, 0.1) is 16.7 Å². The molecule has 0 unspecified atom stereocenters. The first kappa shape index (κ1) is 34.1. The summed E-state index contributed by atoms with van der Waals surface area (Å²) >= 11 is 0. The fourth-order valence-corrected chi connectivity index (χ4v) is 6.94. The zero-order valence-corrected chi connectivity index (χ0v) is 30.7. The molecule has 262 valence electrons. The van der Waals surface area contributed by atoms with Gasteiger partial charge in [-0.2, -0.15) is 0 Å². The standard InChI is InChI=1S/C47H40F2N4/c1-46(2,3)32-18-22-36-37-23-19-33(47(4,5)6)27-42(37)53(41(36)26-32)40-25-31(35-24-20-34(48)28-39(35)49)17-21-38(40)45-51-43(29-13-9-7-10-14-29)50-44(52-45)30-15-11-8-12-16-30/h7-28H,1-6H3. The highest BCUT2D eigenvalue weighted by atomic mass is 19.1. The lowest BCUT2D eigenvalue weighted by Gasteiger charge is -2.21. The lowest BCUT2D eigenvalue weighted by molar-refractivity contribution is 0.585. The maximum atomic E-state index is 15.5. The third-order valence-corrected chi connectivity index (χ3v) is 9.92. The lowest BCUT2D eigenvalue weighted by atomic mass is 9.86. The third kappa shape index (κ3) is 6.39. The van der Waals surface area contributed by atoms with Crippen molar-refractivity contribution in [1.29, 1.82) is 0 Å². The molecule has 2 aromatic heterocycles. The maximum Gasteiger partial charge on any atom is 0.166 e. The molecule has 2 heterocycles. The molecular weight excluding hydrogens is 659 g/mol. The number of rotatable bonds is 5. The van der Waals surface area contributed by atoms with Crippen molar-refractivity contribution in [1.82, 2.24) is 19.5 Å². The summed E-state index contributed by atoms with van der Waals surface area (Å²) in [5.41, 5.74) is 8.32. The van der Waals surface area contributed by atoms with Gasteiger partial charge in [-0.1, -0.05) is 133 Å². The van der Waals surface area contributed by atoms with Crippen molar-refractivity contribution in [2.45, 2.75) is 52.4 Å². The summed E-state index contributed by atoms with van der Waals surface area (Å²) in [4.78, 5) is 15.2. The van der Waals surface area contributed by atoms with Crippen molar-refractivity contribution >= 4 is 21.8 Å². The molecule has 0 atom stereocenters. The Balaban J connectivity index is 1.51. The monoisotopic (exact) mass is 698 g/mol. The minimum atomic E-state index is -0.631. The number of nitrogens with zero attached hydrogens (tertiary/aromatic N) is 4. The molecule has 0 aliphatic rings. The van der Waals surface area contributed by atoms with Gasteiger partial charge < -0.3 is 4.57 Å². The predicted octanol–water partition coefficient (Wildman–Crippen LogP) is 12.5. The molecule has 0 spiro atoms. The molecular formula is C47H40F2N4. The highest BCUT2D eigenvalue weighted by molar-refractivity contribution is 6.10. The summed E-state index contributed by atoms with van der Waals surface area (Å²) in [6.45, 7) is 13.3. The predicted molar refractivity (Wildman–Crippen MR) is 213 cm³/mol. The van der Waals surface area contributed by atoms with Crippen LogP contribution in [0.15, 0.2) is 133 Å². The van der Waals surface area contributed by atoms with Crippen molar-refractivity contribution in [3.63, 3.8) is 0 Å². The fraction of sp³-hybridized carbons (Fsp3) is 0.170. The molecule has 0 N–H and O–H groups in total. The molecule has 6 heteroatoms. The molecule has 0 radical (unpaired) electrons. The van der Waals surface area contributed by atoms with E-state index in [0.29, 0.717) is 28.6 Å². The van der Waals surface area contributed by atoms with Crippen LogP contribution in [-0.4, -0.2) is 19.5 Å². The molecule has 8 rings (SSSR count). The topological polar surface area (TPSA) is 43.6 Å². The highest BCUT2D eigenvalue weighted by Crippen LogP contribution is 2.41. The van der Waals surface area contributed by atoms with Gasteiger partial charge in [-0.05, 0) is 63.9 Å². The van der Waals surface area contributed by atoms with Crippen LogP contribution in [-0.2, 0) is 10.8 Å². The Kier molecular flexibility index (Phi) is 8.29. The van der Waals surface area contributed by atoms with Crippen LogP contribution >= 0.6 is 0 Å². The highest BCUT2D eigenvalue weighted by Gasteiger charge is 2.24. The molecule has 0 aliphatic carbocycles. The first-order valence-electron chi connectivity index (χ1n) is 17.9. The van der Waals surface area contributed by atoms with Crippen molar-refractivity contribution in [2.24, 2.45) is 0 Å². The van der Waals surface area contributed by atoms with Crippen LogP contribution in [0.3, 0.4) is 0 Å². The van der Waals surface area contributed by atoms with E-state index in [0.717, 1.165) is 50.2 Å². The fourth-order valence-electron chi connectivity index (χ4n) is 6.94. The minimum absolute atomic E-state index is 0.114. The number of benzene rings is 6. The Morgan fingerprint density at radius 1 is 0.453 bits per heavy atom.